The number of halogens is 6. The molecular formula is C18H15F6NO2. The Morgan fingerprint density at radius 3 is 2.04 bits per heavy atom. The first kappa shape index (κ1) is 20.7. The number of nitrogens with zero attached hydrogens (tertiary/aromatic N) is 1. The fourth-order valence-electron chi connectivity index (χ4n) is 2.12. The molecule has 0 atom stereocenters. The number of hydrogen-bond donors (Lipinski definition) is 0. The van der Waals surface area contributed by atoms with Gasteiger partial charge in [-0.25, -0.2) is 4.98 Å². The van der Waals surface area contributed by atoms with E-state index in [0.717, 1.165) is 12.1 Å². The monoisotopic (exact) mass is 391 g/mol. The van der Waals surface area contributed by atoms with Crippen LogP contribution in [0.15, 0.2) is 42.6 Å². The summed E-state index contributed by atoms with van der Waals surface area (Å²) in [5, 5.41) is 0. The van der Waals surface area contributed by atoms with Crippen molar-refractivity contribution in [2.45, 2.75) is 38.0 Å². The number of hydrogen-bond acceptors (Lipinski definition) is 3. The third-order valence-corrected chi connectivity index (χ3v) is 3.76. The molecule has 0 unspecified atom stereocenters. The van der Waals surface area contributed by atoms with Crippen molar-refractivity contribution in [3.8, 4) is 11.6 Å². The molecule has 0 aliphatic carbocycles. The summed E-state index contributed by atoms with van der Waals surface area (Å²) in [7, 11) is 0. The largest absolute Gasteiger partial charge is 0.439 e. The zero-order valence-corrected chi connectivity index (χ0v) is 14.3. The Morgan fingerprint density at radius 2 is 1.59 bits per heavy atom. The van der Waals surface area contributed by atoms with E-state index >= 15 is 0 Å². The molecule has 27 heavy (non-hydrogen) atoms. The Morgan fingerprint density at radius 1 is 1.00 bits per heavy atom. The summed E-state index contributed by atoms with van der Waals surface area (Å²) >= 11 is 0. The van der Waals surface area contributed by atoms with E-state index in [4.69, 9.17) is 4.74 Å². The topological polar surface area (TPSA) is 39.2 Å². The Bertz CT molecular complexity index is 798. The number of rotatable bonds is 7. The summed E-state index contributed by atoms with van der Waals surface area (Å²) in [6, 6.07) is 5.84. The lowest BCUT2D eigenvalue weighted by molar-refractivity contribution is -0.308. The van der Waals surface area contributed by atoms with E-state index in [2.05, 4.69) is 4.98 Å². The summed E-state index contributed by atoms with van der Waals surface area (Å²) in [5.41, 5.74) is -0.916. The van der Waals surface area contributed by atoms with Crippen LogP contribution in [0.25, 0.3) is 0 Å². The van der Waals surface area contributed by atoms with Gasteiger partial charge in [0.1, 0.15) is 5.75 Å². The molecular weight excluding hydrogens is 376 g/mol. The maximum atomic E-state index is 13.8. The smallest absolute Gasteiger partial charge is 0.375 e. The molecule has 0 bridgehead atoms. The summed E-state index contributed by atoms with van der Waals surface area (Å²) < 4.78 is 85.5. The van der Waals surface area contributed by atoms with Gasteiger partial charge in [-0.3, -0.25) is 4.79 Å². The Kier molecular flexibility index (Phi) is 5.53. The van der Waals surface area contributed by atoms with Gasteiger partial charge in [-0.15, -0.1) is 0 Å². The molecule has 146 valence electrons. The molecule has 9 heteroatoms. The van der Waals surface area contributed by atoms with Crippen molar-refractivity contribution in [2.75, 3.05) is 0 Å². The second-order valence-electron chi connectivity index (χ2n) is 5.83. The van der Waals surface area contributed by atoms with Crippen molar-refractivity contribution >= 4 is 5.78 Å². The Balaban J connectivity index is 2.19. The number of carbonyl (C=O) groups excluding carboxylic acids is 1. The van der Waals surface area contributed by atoms with E-state index < -0.39 is 23.3 Å². The number of alkyl halides is 6. The summed E-state index contributed by atoms with van der Waals surface area (Å²) in [5.74, 6) is -15.7. The van der Waals surface area contributed by atoms with E-state index in [0.29, 0.717) is 24.1 Å². The molecule has 0 amide bonds. The highest BCUT2D eigenvalue weighted by Crippen LogP contribution is 2.51. The first-order valence-corrected chi connectivity index (χ1v) is 7.81. The average Bonchev–Trinajstić information content (AvgIpc) is 2.61. The van der Waals surface area contributed by atoms with Crippen molar-refractivity contribution in [1.29, 1.82) is 0 Å². The summed E-state index contributed by atoms with van der Waals surface area (Å²) in [4.78, 5) is 15.4. The van der Waals surface area contributed by atoms with Crippen LogP contribution in [0.4, 0.5) is 26.3 Å². The molecule has 0 aliphatic heterocycles. The van der Waals surface area contributed by atoms with E-state index in [-0.39, 0.29) is 24.3 Å². The molecule has 0 aliphatic rings. The molecule has 0 spiro atoms. The Hall–Kier alpha value is -2.58. The molecule has 0 saturated heterocycles. The van der Waals surface area contributed by atoms with Crippen LogP contribution in [0.1, 0.15) is 36.2 Å². The second-order valence-corrected chi connectivity index (χ2v) is 5.83. The lowest BCUT2D eigenvalue weighted by Crippen LogP contribution is -2.50. The first-order chi connectivity index (χ1) is 12.4. The minimum absolute atomic E-state index is 0.0248. The van der Waals surface area contributed by atoms with E-state index in [1.54, 1.807) is 6.92 Å². The van der Waals surface area contributed by atoms with Crippen molar-refractivity contribution in [3.05, 3.63) is 53.7 Å². The van der Waals surface area contributed by atoms with Gasteiger partial charge in [-0.05, 0) is 30.3 Å². The minimum Gasteiger partial charge on any atom is -0.439 e. The third-order valence-electron chi connectivity index (χ3n) is 3.76. The average molecular weight is 391 g/mol. The van der Waals surface area contributed by atoms with Crippen LogP contribution < -0.4 is 4.74 Å². The minimum atomic E-state index is -5.56. The molecule has 0 saturated carbocycles. The van der Waals surface area contributed by atoms with Gasteiger partial charge in [0.15, 0.2) is 5.78 Å². The van der Waals surface area contributed by atoms with E-state index in [1.807, 2.05) is 0 Å². The highest BCUT2D eigenvalue weighted by atomic mass is 19.3. The number of ketones is 1. The van der Waals surface area contributed by atoms with Crippen molar-refractivity contribution < 1.29 is 35.9 Å². The number of ether oxygens (including phenoxy) is 1. The van der Waals surface area contributed by atoms with Crippen LogP contribution in [0, 0.1) is 0 Å². The molecule has 0 radical (unpaired) electrons. The molecule has 1 aromatic carbocycles. The van der Waals surface area contributed by atoms with Gasteiger partial charge >= 0.3 is 17.8 Å². The van der Waals surface area contributed by atoms with Gasteiger partial charge in [0.05, 0.1) is 0 Å². The maximum Gasteiger partial charge on any atom is 0.375 e. The highest BCUT2D eigenvalue weighted by Gasteiger charge is 2.69. The number of Topliss-reactive ketones (excluding diaryl/α,β-unsaturated/α-hetero) is 1. The second kappa shape index (κ2) is 7.21. The lowest BCUT2D eigenvalue weighted by Gasteiger charge is -2.31. The molecule has 1 aromatic heterocycles. The van der Waals surface area contributed by atoms with Crippen LogP contribution >= 0.6 is 0 Å². The van der Waals surface area contributed by atoms with Crippen LogP contribution in [0.5, 0.6) is 11.6 Å². The molecule has 3 nitrogen and oxygen atoms in total. The quantitative estimate of drug-likeness (QED) is 0.439. The van der Waals surface area contributed by atoms with Gasteiger partial charge in [0.25, 0.3) is 0 Å². The SMILES string of the molecule is CCC(=O)c1ccc(Oc2ccc(C(F)(F)C(F)(F)C(C)(F)F)cc2)nc1. The summed E-state index contributed by atoms with van der Waals surface area (Å²) in [6.07, 6.45) is 1.56. The normalized spacial score (nSPS) is 12.7. The number of aromatic nitrogens is 1. The van der Waals surface area contributed by atoms with Crippen molar-refractivity contribution in [2.24, 2.45) is 0 Å². The highest BCUT2D eigenvalue weighted by molar-refractivity contribution is 5.95. The predicted molar refractivity (Wildman–Crippen MR) is 84.8 cm³/mol. The van der Waals surface area contributed by atoms with E-state index in [1.165, 1.54) is 18.3 Å². The summed E-state index contributed by atoms with van der Waals surface area (Å²) in [6.45, 7) is 1.42. The first-order valence-electron chi connectivity index (χ1n) is 7.81. The fourth-order valence-corrected chi connectivity index (χ4v) is 2.12. The van der Waals surface area contributed by atoms with Crippen LogP contribution in [-0.4, -0.2) is 22.6 Å². The molecule has 0 fully saturated rings. The van der Waals surface area contributed by atoms with Gasteiger partial charge < -0.3 is 4.74 Å². The number of pyridine rings is 1. The number of benzene rings is 1. The van der Waals surface area contributed by atoms with Crippen LogP contribution in [0.2, 0.25) is 0 Å². The van der Waals surface area contributed by atoms with Gasteiger partial charge in [-0.2, -0.15) is 26.3 Å². The fraction of sp³-hybridized carbons (Fsp3) is 0.333. The van der Waals surface area contributed by atoms with Gasteiger partial charge in [-0.1, -0.05) is 6.92 Å². The third kappa shape index (κ3) is 4.06. The molecule has 1 heterocycles. The Labute approximate surface area is 151 Å². The van der Waals surface area contributed by atoms with Gasteiger partial charge in [0.2, 0.25) is 5.88 Å². The zero-order valence-electron chi connectivity index (χ0n) is 14.3. The van der Waals surface area contributed by atoms with Gasteiger partial charge in [0, 0.05) is 36.7 Å². The van der Waals surface area contributed by atoms with Crippen LogP contribution in [0.3, 0.4) is 0 Å². The van der Waals surface area contributed by atoms with E-state index in [9.17, 15) is 31.1 Å². The zero-order chi connectivity index (χ0) is 20.5. The number of carbonyl (C=O) groups is 1. The molecule has 2 aromatic rings. The molecule has 0 N–H and O–H groups in total. The van der Waals surface area contributed by atoms with Crippen LogP contribution in [-0.2, 0) is 5.92 Å². The lowest BCUT2D eigenvalue weighted by atomic mass is 9.98. The maximum absolute atomic E-state index is 13.8. The van der Waals surface area contributed by atoms with Crippen molar-refractivity contribution in [3.63, 3.8) is 0 Å². The molecule has 2 rings (SSSR count). The standard InChI is InChI=1S/C18H15F6NO2/c1-3-14(26)11-4-9-15(25-10-11)27-13-7-5-12(6-8-13)17(21,22)18(23,24)16(2,19)20/h4-10H,3H2,1-2H3. The predicted octanol–water partition coefficient (Wildman–Crippen LogP) is 5.85. The van der Waals surface area contributed by atoms with Crippen molar-refractivity contribution in [1.82, 2.24) is 4.98 Å².